The molecule has 0 fully saturated rings. The van der Waals surface area contributed by atoms with Gasteiger partial charge in [-0.15, -0.1) is 0 Å². The fourth-order valence-electron chi connectivity index (χ4n) is 1.42. The van der Waals surface area contributed by atoms with Crippen LogP contribution >= 0.6 is 11.8 Å². The molecular formula is C12H19N5OS. The molecule has 0 radical (unpaired) electrons. The molecule has 3 N–H and O–H groups in total. The summed E-state index contributed by atoms with van der Waals surface area (Å²) in [6, 6.07) is 1.99. The Hall–Kier alpha value is -1.81. The Morgan fingerprint density at radius 1 is 1.58 bits per heavy atom. The van der Waals surface area contributed by atoms with E-state index in [2.05, 4.69) is 20.9 Å². The van der Waals surface area contributed by atoms with Gasteiger partial charge in [0.05, 0.1) is 5.75 Å². The molecule has 0 saturated heterocycles. The Balaban J connectivity index is 2.24. The predicted molar refractivity (Wildman–Crippen MR) is 79.3 cm³/mol. The number of nitrogens with zero attached hydrogens (tertiary/aromatic N) is 2. The van der Waals surface area contributed by atoms with E-state index < -0.39 is 0 Å². The fraction of sp³-hybridized carbons (Fsp3) is 0.500. The minimum Gasteiger partial charge on any atom is -0.445 e. The van der Waals surface area contributed by atoms with Gasteiger partial charge in [-0.1, -0.05) is 0 Å². The van der Waals surface area contributed by atoms with Crippen LogP contribution in [0.25, 0.3) is 0 Å². The van der Waals surface area contributed by atoms with E-state index >= 15 is 0 Å². The lowest BCUT2D eigenvalue weighted by atomic mass is 10.3. The molecule has 0 bridgehead atoms. The van der Waals surface area contributed by atoms with Crippen molar-refractivity contribution in [2.45, 2.75) is 12.7 Å². The summed E-state index contributed by atoms with van der Waals surface area (Å²) < 4.78 is 5.62. The molecule has 0 spiro atoms. The minimum absolute atomic E-state index is 0.495. The molecule has 1 aromatic heterocycles. The molecule has 0 amide bonds. The number of rotatable bonds is 6. The molecule has 0 saturated carbocycles. The van der Waals surface area contributed by atoms with E-state index in [1.807, 2.05) is 26.2 Å². The van der Waals surface area contributed by atoms with Gasteiger partial charge in [-0.2, -0.15) is 17.0 Å². The van der Waals surface area contributed by atoms with Crippen molar-refractivity contribution in [1.29, 1.82) is 5.26 Å². The van der Waals surface area contributed by atoms with Gasteiger partial charge >= 0.3 is 0 Å². The lowest BCUT2D eigenvalue weighted by Gasteiger charge is -2.06. The summed E-state index contributed by atoms with van der Waals surface area (Å²) in [5.41, 5.74) is 1.16. The van der Waals surface area contributed by atoms with Crippen molar-refractivity contribution in [1.82, 2.24) is 10.6 Å². The number of hydrogen-bond donors (Lipinski definition) is 3. The van der Waals surface area contributed by atoms with Crippen LogP contribution in [0.4, 0.5) is 5.88 Å². The minimum atomic E-state index is 0.495. The molecule has 1 rings (SSSR count). The summed E-state index contributed by atoms with van der Waals surface area (Å²) in [5, 5.41) is 17.0. The molecule has 0 aliphatic carbocycles. The molecular weight excluding hydrogens is 262 g/mol. The summed E-state index contributed by atoms with van der Waals surface area (Å²) >= 11 is 1.77. The molecule has 1 heterocycles. The summed E-state index contributed by atoms with van der Waals surface area (Å²) in [6.07, 6.45) is 1.83. The first-order chi connectivity index (χ1) is 9.21. The SMILES string of the molecule is CN=C(NC#N)NCCSCc1oc(NC)cc1C. The maximum Gasteiger partial charge on any atom is 0.204 e. The maximum absolute atomic E-state index is 8.47. The van der Waals surface area contributed by atoms with Crippen molar-refractivity contribution < 1.29 is 4.42 Å². The van der Waals surface area contributed by atoms with E-state index in [-0.39, 0.29) is 0 Å². The van der Waals surface area contributed by atoms with Crippen LogP contribution in [0.3, 0.4) is 0 Å². The van der Waals surface area contributed by atoms with Crippen LogP contribution in [0.1, 0.15) is 11.3 Å². The fourth-order valence-corrected chi connectivity index (χ4v) is 2.29. The van der Waals surface area contributed by atoms with Gasteiger partial charge in [0.1, 0.15) is 5.76 Å². The number of nitriles is 1. The lowest BCUT2D eigenvalue weighted by Crippen LogP contribution is -2.35. The normalized spacial score (nSPS) is 10.9. The van der Waals surface area contributed by atoms with Crippen molar-refractivity contribution >= 4 is 23.6 Å². The second-order valence-corrected chi connectivity index (χ2v) is 4.86. The highest BCUT2D eigenvalue weighted by Gasteiger charge is 2.06. The van der Waals surface area contributed by atoms with E-state index in [0.29, 0.717) is 5.96 Å². The average Bonchev–Trinajstić information content (AvgIpc) is 2.78. The highest BCUT2D eigenvalue weighted by molar-refractivity contribution is 7.98. The number of nitrogens with one attached hydrogen (secondary N) is 3. The third kappa shape index (κ3) is 5.14. The monoisotopic (exact) mass is 281 g/mol. The highest BCUT2D eigenvalue weighted by Crippen LogP contribution is 2.22. The maximum atomic E-state index is 8.47. The van der Waals surface area contributed by atoms with Gasteiger partial charge in [-0.25, -0.2) is 0 Å². The number of guanidine groups is 1. The second kappa shape index (κ2) is 8.32. The molecule has 7 heteroatoms. The number of furan rings is 1. The molecule has 19 heavy (non-hydrogen) atoms. The number of aliphatic imine (C=N–C) groups is 1. The van der Waals surface area contributed by atoms with Crippen LogP contribution in [0, 0.1) is 18.4 Å². The molecule has 0 aliphatic heterocycles. The Morgan fingerprint density at radius 3 is 2.95 bits per heavy atom. The Labute approximate surface area is 117 Å². The van der Waals surface area contributed by atoms with Crippen LogP contribution in [-0.2, 0) is 5.75 Å². The third-order valence-corrected chi connectivity index (χ3v) is 3.40. The first kappa shape index (κ1) is 15.2. The van der Waals surface area contributed by atoms with Gasteiger partial charge < -0.3 is 15.1 Å². The Morgan fingerprint density at radius 2 is 2.37 bits per heavy atom. The van der Waals surface area contributed by atoms with Crippen LogP contribution in [-0.4, -0.2) is 32.4 Å². The molecule has 6 nitrogen and oxygen atoms in total. The predicted octanol–water partition coefficient (Wildman–Crippen LogP) is 1.51. The van der Waals surface area contributed by atoms with E-state index in [1.165, 1.54) is 0 Å². The van der Waals surface area contributed by atoms with E-state index in [4.69, 9.17) is 9.68 Å². The van der Waals surface area contributed by atoms with Gasteiger partial charge in [0.25, 0.3) is 0 Å². The molecule has 104 valence electrons. The van der Waals surface area contributed by atoms with Crippen LogP contribution < -0.4 is 16.0 Å². The summed E-state index contributed by atoms with van der Waals surface area (Å²) in [5.74, 6) is 4.02. The van der Waals surface area contributed by atoms with Crippen LogP contribution in [0.15, 0.2) is 15.5 Å². The molecule has 0 unspecified atom stereocenters. The van der Waals surface area contributed by atoms with Gasteiger partial charge in [0.2, 0.25) is 5.96 Å². The molecule has 0 aliphatic rings. The van der Waals surface area contributed by atoms with Crippen LogP contribution in [0.5, 0.6) is 0 Å². The number of hydrogen-bond acceptors (Lipinski definition) is 5. The highest BCUT2D eigenvalue weighted by atomic mass is 32.2. The summed E-state index contributed by atoms with van der Waals surface area (Å²) in [4.78, 5) is 3.90. The zero-order valence-corrected chi connectivity index (χ0v) is 12.2. The van der Waals surface area contributed by atoms with E-state index in [0.717, 1.165) is 35.3 Å². The molecule has 0 aromatic carbocycles. The molecule has 0 atom stereocenters. The van der Waals surface area contributed by atoms with Crippen molar-refractivity contribution in [2.75, 3.05) is 31.7 Å². The topological polar surface area (TPSA) is 85.4 Å². The van der Waals surface area contributed by atoms with Gasteiger partial charge in [-0.05, 0) is 12.5 Å². The zero-order chi connectivity index (χ0) is 14.1. The first-order valence-electron chi connectivity index (χ1n) is 5.91. The zero-order valence-electron chi connectivity index (χ0n) is 11.4. The summed E-state index contributed by atoms with van der Waals surface area (Å²) in [7, 11) is 3.47. The van der Waals surface area contributed by atoms with Crippen LogP contribution in [0.2, 0.25) is 0 Å². The Bertz CT molecular complexity index is 463. The number of anilines is 1. The van der Waals surface area contributed by atoms with Crippen molar-refractivity contribution in [2.24, 2.45) is 4.99 Å². The number of thioether (sulfide) groups is 1. The number of aryl methyl sites for hydroxylation is 1. The smallest absolute Gasteiger partial charge is 0.204 e. The van der Waals surface area contributed by atoms with Gasteiger partial charge in [0, 0.05) is 32.5 Å². The van der Waals surface area contributed by atoms with Gasteiger partial charge in [-0.3, -0.25) is 10.3 Å². The largest absolute Gasteiger partial charge is 0.445 e. The van der Waals surface area contributed by atoms with E-state index in [9.17, 15) is 0 Å². The first-order valence-corrected chi connectivity index (χ1v) is 7.07. The van der Waals surface area contributed by atoms with Crippen molar-refractivity contribution in [3.8, 4) is 6.19 Å². The lowest BCUT2D eigenvalue weighted by molar-refractivity contribution is 0.542. The molecule has 1 aromatic rings. The van der Waals surface area contributed by atoms with E-state index in [1.54, 1.807) is 18.8 Å². The second-order valence-electron chi connectivity index (χ2n) is 3.76. The quantitative estimate of drug-likeness (QED) is 0.241. The summed E-state index contributed by atoms with van der Waals surface area (Å²) in [6.45, 7) is 2.78. The standard InChI is InChI=1S/C12H19N5OS/c1-9-6-11(14-2)18-10(9)7-19-5-4-16-12(15-3)17-8-13/h6,14H,4-5,7H2,1-3H3,(H2,15,16,17). The third-order valence-electron chi connectivity index (χ3n) is 2.44. The Kier molecular flexibility index (Phi) is 6.68. The van der Waals surface area contributed by atoms with Crippen molar-refractivity contribution in [3.05, 3.63) is 17.4 Å². The van der Waals surface area contributed by atoms with Crippen molar-refractivity contribution in [3.63, 3.8) is 0 Å². The van der Waals surface area contributed by atoms with Gasteiger partial charge in [0.15, 0.2) is 12.1 Å². The average molecular weight is 281 g/mol.